The normalized spacial score (nSPS) is 15.5. The third-order valence-electron chi connectivity index (χ3n) is 21.0. The van der Waals surface area contributed by atoms with Crippen LogP contribution in [0.3, 0.4) is 0 Å². The van der Waals surface area contributed by atoms with Crippen LogP contribution in [0.25, 0.3) is 0 Å². The molecular weight excluding hydrogens is 2110 g/mol. The third kappa shape index (κ3) is 25.3. The van der Waals surface area contributed by atoms with Gasteiger partial charge in [0.2, 0.25) is 0 Å². The van der Waals surface area contributed by atoms with Crippen LogP contribution in [0.1, 0.15) is 189 Å². The van der Waals surface area contributed by atoms with Gasteiger partial charge in [-0.25, -0.2) is 29.1 Å². The molecule has 780 valence electrons. The van der Waals surface area contributed by atoms with E-state index in [0.29, 0.717) is 0 Å². The summed E-state index contributed by atoms with van der Waals surface area (Å²) in [6.07, 6.45) is -122. The molecule has 3 unspecified atom stereocenters. The van der Waals surface area contributed by atoms with E-state index < -0.39 is 488 Å². The van der Waals surface area contributed by atoms with Crippen molar-refractivity contribution in [2.24, 2.45) is 0 Å². The first-order chi connectivity index (χ1) is 63.4. The van der Waals surface area contributed by atoms with Gasteiger partial charge in [-0.15, -0.1) is 0 Å². The minimum Gasteiger partial charge on any atom is -0.235 e. The Balaban J connectivity index is 1.66. The fourth-order valence-electron chi connectivity index (χ4n) is 14.7. The van der Waals surface area contributed by atoms with Crippen LogP contribution in [-0.4, -0.2) is 7.32 Å². The molecule has 0 aliphatic rings. The van der Waals surface area contributed by atoms with Gasteiger partial charge in [-0.2, -0.15) is 237 Å². The molecule has 9 aromatic rings. The molecule has 61 heteroatoms. The van der Waals surface area contributed by atoms with Crippen molar-refractivity contribution in [1.29, 1.82) is 0 Å². The monoisotopic (exact) mass is 2140 g/mol. The smallest absolute Gasteiger partial charge is 0.235 e. The van der Waals surface area contributed by atoms with Crippen molar-refractivity contribution in [3.63, 3.8) is 0 Å². The Kier molecular flexibility index (Phi) is 30.1. The number of rotatable bonds is 21. The topological polar surface area (TPSA) is 55.4 Å². The van der Waals surface area contributed by atoms with Gasteiger partial charge in [-0.1, -0.05) is 0 Å². The Morgan fingerprint density at radius 1 is 0.148 bits per heavy atom. The third-order valence-corrected chi connectivity index (χ3v) is 21.0. The number of hydrogen-bond acceptors (Lipinski definition) is 6. The maximum atomic E-state index is 16.0. The molecule has 0 fully saturated rings. The van der Waals surface area contributed by atoms with Gasteiger partial charge in [0.05, 0.1) is 100 Å². The van der Waals surface area contributed by atoms with Crippen molar-refractivity contribution in [2.75, 3.05) is 0 Å². The minimum atomic E-state index is -6.96. The van der Waals surface area contributed by atoms with Crippen molar-refractivity contribution >= 4 is 7.32 Å². The first kappa shape index (κ1) is 115. The number of hydrogen-bond donors (Lipinski definition) is 0. The summed E-state index contributed by atoms with van der Waals surface area (Å²) >= 11 is 0. The SMILES string of the molecule is CC(OOB(OOC(C)(c1cc(C(F)(F)F)cc(C(F)(F)F)c1)C(c1cc(C(F)(F)F)ccc1C(F)(F)F)c1cc(C(F)(F)F)ccc1C(F)(F)F)OOC(C)(c1cc(C(F)(F)F)cc(C(F)(F)F)c1)C(c1cc(C(F)(F)F)ccc1C(F)(F)F)c1cc(C(F)(F)F)ccc1C(F)(F)F)(c1cc(C(F)(F)F)cc(C(F)(F)F)c1)C(c1cc(C(F)(F)F)ccc1C(F)(F)F)c1cc(C(F)(F)F)ccc1C(F)(F)F. The summed E-state index contributed by atoms with van der Waals surface area (Å²) in [5, 5.41) is 0. The lowest BCUT2D eigenvalue weighted by atomic mass is 9.70. The quantitative estimate of drug-likeness (QED) is 0.0309. The molecule has 9 rings (SSSR count). The van der Waals surface area contributed by atoms with Crippen LogP contribution >= 0.6 is 0 Å². The molecule has 0 bridgehead atoms. The maximum absolute atomic E-state index is 16.0. The van der Waals surface area contributed by atoms with Crippen molar-refractivity contribution in [1.82, 2.24) is 0 Å². The zero-order chi connectivity index (χ0) is 109. The van der Waals surface area contributed by atoms with Crippen LogP contribution in [0.2, 0.25) is 0 Å². The summed E-state index contributed by atoms with van der Waals surface area (Å²) in [5.41, 5.74) is -103. The highest BCUT2D eigenvalue weighted by Crippen LogP contribution is 2.61. The van der Waals surface area contributed by atoms with E-state index in [4.69, 9.17) is 14.7 Å². The predicted molar refractivity (Wildman–Crippen MR) is 368 cm³/mol. The Morgan fingerprint density at radius 2 is 0.261 bits per heavy atom. The van der Waals surface area contributed by atoms with Crippen LogP contribution < -0.4 is 0 Å². The van der Waals surface area contributed by atoms with E-state index in [0.717, 1.165) is 0 Å². The molecule has 142 heavy (non-hydrogen) atoms. The molecular formula is C81H39BF54O6. The predicted octanol–water partition coefficient (Wildman–Crippen LogP) is 33.4. The molecule has 3 atom stereocenters. The number of halogens is 54. The van der Waals surface area contributed by atoms with E-state index in [1.165, 1.54) is 0 Å². The van der Waals surface area contributed by atoms with E-state index >= 15 is 237 Å². The highest BCUT2D eigenvalue weighted by molar-refractivity contribution is 6.35. The molecule has 0 aliphatic carbocycles. The van der Waals surface area contributed by atoms with Crippen LogP contribution in [0.4, 0.5) is 237 Å². The second kappa shape index (κ2) is 37.3. The zero-order valence-corrected chi connectivity index (χ0v) is 67.8. The Hall–Kier alpha value is -11.0. The van der Waals surface area contributed by atoms with Crippen LogP contribution in [0, 0.1) is 0 Å². The Labute approximate surface area is 752 Å². The van der Waals surface area contributed by atoms with Crippen molar-refractivity contribution in [2.45, 2.75) is 167 Å². The fourth-order valence-corrected chi connectivity index (χ4v) is 14.7. The molecule has 0 heterocycles. The molecule has 0 saturated heterocycles. The Bertz CT molecular complexity index is 5190. The van der Waals surface area contributed by atoms with Gasteiger partial charge in [-0.05, 0) is 235 Å². The summed E-state index contributed by atoms with van der Waals surface area (Å²) in [7, 11) is -5.76. The van der Waals surface area contributed by atoms with Crippen molar-refractivity contribution < 1.29 is 266 Å². The van der Waals surface area contributed by atoms with Gasteiger partial charge in [0, 0.05) is 17.8 Å². The molecule has 0 spiro atoms. The van der Waals surface area contributed by atoms with Crippen LogP contribution in [0.5, 0.6) is 0 Å². The lowest BCUT2D eigenvalue weighted by Gasteiger charge is -2.42. The maximum Gasteiger partial charge on any atom is 0.725 e. The highest BCUT2D eigenvalue weighted by atomic mass is 19.5. The average molecular weight is 2140 g/mol. The largest absolute Gasteiger partial charge is 0.725 e. The standard InChI is InChI=1S/C81H39BF54O6/c1-61(37-16-40(70(101,102)103)22-41(17-37)71(104,105)106,58(46-25-31(64(83,84)85)4-10-52(46)76(119,120)121)47-26-32(65(86,87)88)5-11-53(47)77(122,123)124)137-140-82(141-138-62(2,38-18-42(72(107,108)109)23-43(19-38)73(110,111)112)59(48-27-33(66(89,90)91)6-12-54(48)78(125,126)127)49-28-34(67(92,93)94)7-13-55(49)79(128,129)130)142-139-63(3,39-20-44(74(113,114)115)24-45(21-39)75(116,117)118)60(50-29-35(68(95,96)97)8-14-56(50)80(131,132)133)51-30-36(69(98,99)100)9-15-57(51)81(134,135)136/h4-30,58-60H,1-3H3. The van der Waals surface area contributed by atoms with Crippen molar-refractivity contribution in [3.8, 4) is 0 Å². The molecule has 6 nitrogen and oxygen atoms in total. The fraction of sp³-hybridized carbons (Fsp3) is 0.333. The lowest BCUT2D eigenvalue weighted by Crippen LogP contribution is -2.45. The highest BCUT2D eigenvalue weighted by Gasteiger charge is 2.60. The van der Waals surface area contributed by atoms with Crippen molar-refractivity contribution in [3.05, 3.63) is 314 Å². The van der Waals surface area contributed by atoms with E-state index in [9.17, 15) is 0 Å². The van der Waals surface area contributed by atoms with Crippen LogP contribution in [0.15, 0.2) is 164 Å². The molecule has 9 aromatic carbocycles. The van der Waals surface area contributed by atoms with E-state index in [1.807, 2.05) is 0 Å². The molecule has 0 amide bonds. The minimum absolute atomic E-state index is 0.895. The lowest BCUT2D eigenvalue weighted by molar-refractivity contribution is -0.413. The Morgan fingerprint density at radius 3 is 0.366 bits per heavy atom. The van der Waals surface area contributed by atoms with E-state index in [1.54, 1.807) is 0 Å². The molecule has 0 aromatic heterocycles. The van der Waals surface area contributed by atoms with Gasteiger partial charge in [0.15, 0.2) is 0 Å². The van der Waals surface area contributed by atoms with Gasteiger partial charge >= 0.3 is 118 Å². The van der Waals surface area contributed by atoms with Gasteiger partial charge in [0.1, 0.15) is 16.8 Å². The number of benzene rings is 9. The van der Waals surface area contributed by atoms with E-state index in [-0.39, 0.29) is 0 Å². The second-order valence-corrected chi connectivity index (χ2v) is 30.6. The first-order valence-corrected chi connectivity index (χ1v) is 37.0. The number of alkyl halides is 54. The molecule has 0 radical (unpaired) electrons. The van der Waals surface area contributed by atoms with Gasteiger partial charge in [0.25, 0.3) is 0 Å². The summed E-state index contributed by atoms with van der Waals surface area (Å²) in [6.45, 7) is -2.85. The summed E-state index contributed by atoms with van der Waals surface area (Å²) in [5.74, 6) is -15.2. The van der Waals surface area contributed by atoms with Gasteiger partial charge < -0.3 is 0 Å². The molecule has 0 aliphatic heterocycles. The van der Waals surface area contributed by atoms with Crippen LogP contribution in [-0.2, 0) is 157 Å². The molecule has 0 N–H and O–H groups in total. The summed E-state index contributed by atoms with van der Waals surface area (Å²) in [4.78, 5) is 28.4. The first-order valence-electron chi connectivity index (χ1n) is 37.0. The second-order valence-electron chi connectivity index (χ2n) is 30.6. The average Bonchev–Trinajstić information content (AvgIpc) is 0.729. The van der Waals surface area contributed by atoms with E-state index in [2.05, 4.69) is 14.4 Å². The summed E-state index contributed by atoms with van der Waals surface area (Å²) in [6, 6.07) is -31.5. The summed E-state index contributed by atoms with van der Waals surface area (Å²) < 4.78 is 842. The molecule has 0 saturated carbocycles. The van der Waals surface area contributed by atoms with Gasteiger partial charge in [-0.3, -0.25) is 0 Å². The zero-order valence-electron chi connectivity index (χ0n) is 67.8.